The third kappa shape index (κ3) is 5.37. The summed E-state index contributed by atoms with van der Waals surface area (Å²) in [5.74, 6) is 1.66. The van der Waals surface area contributed by atoms with Gasteiger partial charge < -0.3 is 9.32 Å². The predicted octanol–water partition coefficient (Wildman–Crippen LogP) is 5.92. The van der Waals surface area contributed by atoms with Crippen LogP contribution in [0.1, 0.15) is 57.6 Å². The summed E-state index contributed by atoms with van der Waals surface area (Å²) in [4.78, 5) is 24.2. The van der Waals surface area contributed by atoms with Gasteiger partial charge in [-0.15, -0.1) is 0 Å². The molecule has 0 radical (unpaired) electrons. The number of carbonyl (C=O) groups is 1. The van der Waals surface area contributed by atoms with E-state index in [1.807, 2.05) is 53.4 Å². The minimum Gasteiger partial charge on any atom is -0.445 e. The zero-order valence-electron chi connectivity index (χ0n) is 18.9. The van der Waals surface area contributed by atoms with Gasteiger partial charge in [0.1, 0.15) is 5.76 Å². The van der Waals surface area contributed by atoms with Crippen molar-refractivity contribution in [1.82, 2.24) is 14.9 Å². The van der Waals surface area contributed by atoms with Gasteiger partial charge in [0.25, 0.3) is 5.91 Å². The molecule has 2 aromatic carbocycles. The number of carbonyl (C=O) groups excluding carboxylic acids is 1. The van der Waals surface area contributed by atoms with Gasteiger partial charge in [0, 0.05) is 48.4 Å². The topological polar surface area (TPSA) is 59.2 Å². The molecule has 1 aliphatic rings. The van der Waals surface area contributed by atoms with E-state index in [1.54, 1.807) is 18.5 Å². The molecule has 5 nitrogen and oxygen atoms in total. The summed E-state index contributed by atoms with van der Waals surface area (Å²) >= 11 is 5.98. The molecule has 0 N–H and O–H groups in total. The van der Waals surface area contributed by atoms with Crippen LogP contribution >= 0.6 is 11.6 Å². The zero-order chi connectivity index (χ0) is 23.3. The first kappa shape index (κ1) is 22.4. The number of oxazole rings is 1. The second-order valence-electron chi connectivity index (χ2n) is 8.76. The van der Waals surface area contributed by atoms with E-state index in [0.717, 1.165) is 41.4 Å². The average molecular weight is 472 g/mol. The number of hydrogen-bond donors (Lipinski definition) is 0. The molecule has 3 heterocycles. The van der Waals surface area contributed by atoms with Gasteiger partial charge in [-0.2, -0.15) is 0 Å². The summed E-state index contributed by atoms with van der Waals surface area (Å²) in [6.07, 6.45) is 6.78. The van der Waals surface area contributed by atoms with Crippen LogP contribution in [-0.2, 0) is 12.8 Å². The third-order valence-electron chi connectivity index (χ3n) is 6.21. The summed E-state index contributed by atoms with van der Waals surface area (Å²) in [5.41, 5.74) is 3.87. The molecule has 1 fully saturated rings. The number of rotatable bonds is 6. The van der Waals surface area contributed by atoms with Crippen molar-refractivity contribution in [2.75, 3.05) is 13.1 Å². The quantitative estimate of drug-likeness (QED) is 0.350. The van der Waals surface area contributed by atoms with Crippen LogP contribution in [0.2, 0.25) is 5.02 Å². The van der Waals surface area contributed by atoms with Crippen LogP contribution in [-0.4, -0.2) is 33.9 Å². The molecule has 1 unspecified atom stereocenters. The number of piperidine rings is 1. The maximum atomic E-state index is 13.3. The summed E-state index contributed by atoms with van der Waals surface area (Å²) in [6, 6.07) is 21.6. The predicted molar refractivity (Wildman–Crippen MR) is 132 cm³/mol. The highest BCUT2D eigenvalue weighted by atomic mass is 35.5. The summed E-state index contributed by atoms with van der Waals surface area (Å²) in [6.45, 7) is 1.35. The number of halogens is 1. The second-order valence-corrected chi connectivity index (χ2v) is 9.19. The van der Waals surface area contributed by atoms with Crippen LogP contribution in [0, 0.1) is 0 Å². The number of aromatic nitrogens is 2. The molecular weight excluding hydrogens is 446 g/mol. The molecule has 1 amide bonds. The largest absolute Gasteiger partial charge is 0.445 e. The van der Waals surface area contributed by atoms with E-state index < -0.39 is 0 Å². The van der Waals surface area contributed by atoms with Gasteiger partial charge in [0.15, 0.2) is 5.89 Å². The smallest absolute Gasteiger partial charge is 0.253 e. The Morgan fingerprint density at radius 1 is 1.00 bits per heavy atom. The van der Waals surface area contributed by atoms with Crippen LogP contribution in [0.3, 0.4) is 0 Å². The number of hydrogen-bond acceptors (Lipinski definition) is 4. The maximum Gasteiger partial charge on any atom is 0.253 e. The van der Waals surface area contributed by atoms with E-state index in [0.29, 0.717) is 30.8 Å². The van der Waals surface area contributed by atoms with E-state index in [1.165, 1.54) is 5.56 Å². The molecule has 1 atom stereocenters. The van der Waals surface area contributed by atoms with Crippen molar-refractivity contribution in [2.24, 2.45) is 0 Å². The number of nitrogens with zero attached hydrogens (tertiary/aromatic N) is 3. The lowest BCUT2D eigenvalue weighted by Gasteiger charge is -2.31. The summed E-state index contributed by atoms with van der Waals surface area (Å²) in [5, 5.41) is 0.718. The minimum absolute atomic E-state index is 0.0364. The van der Waals surface area contributed by atoms with Gasteiger partial charge >= 0.3 is 0 Å². The number of benzene rings is 2. The van der Waals surface area contributed by atoms with Crippen molar-refractivity contribution >= 4 is 17.5 Å². The highest BCUT2D eigenvalue weighted by Gasteiger charge is 2.28. The van der Waals surface area contributed by atoms with E-state index >= 15 is 0 Å². The SMILES string of the molecule is O=C(c1ccnc(Cc2ccccc2)c1)N1CCCC(c2ncc(Cc3ccc(Cl)cc3)o2)C1. The van der Waals surface area contributed by atoms with E-state index in [-0.39, 0.29) is 11.8 Å². The molecule has 0 aliphatic carbocycles. The van der Waals surface area contributed by atoms with E-state index in [4.69, 9.17) is 16.0 Å². The van der Waals surface area contributed by atoms with Crippen molar-refractivity contribution in [3.63, 3.8) is 0 Å². The molecule has 0 bridgehead atoms. The molecule has 0 spiro atoms. The number of likely N-dealkylation sites (tertiary alicyclic amines) is 1. The Morgan fingerprint density at radius 3 is 2.62 bits per heavy atom. The average Bonchev–Trinajstić information content (AvgIpc) is 3.34. The fourth-order valence-corrected chi connectivity index (χ4v) is 4.58. The van der Waals surface area contributed by atoms with Crippen LogP contribution in [0.25, 0.3) is 0 Å². The molecule has 1 aliphatic heterocycles. The Kier molecular flexibility index (Phi) is 6.72. The highest BCUT2D eigenvalue weighted by Crippen LogP contribution is 2.28. The van der Waals surface area contributed by atoms with Crippen LogP contribution < -0.4 is 0 Å². The molecule has 4 aromatic rings. The van der Waals surface area contributed by atoms with Crippen LogP contribution in [0.4, 0.5) is 0 Å². The van der Waals surface area contributed by atoms with Gasteiger partial charge in [-0.1, -0.05) is 54.1 Å². The minimum atomic E-state index is 0.0364. The lowest BCUT2D eigenvalue weighted by Crippen LogP contribution is -2.39. The Balaban J connectivity index is 1.25. The lowest BCUT2D eigenvalue weighted by atomic mass is 9.97. The summed E-state index contributed by atoms with van der Waals surface area (Å²) in [7, 11) is 0. The Hall–Kier alpha value is -3.44. The number of amides is 1. The van der Waals surface area contributed by atoms with Gasteiger partial charge in [-0.3, -0.25) is 9.78 Å². The van der Waals surface area contributed by atoms with Crippen LogP contribution in [0.15, 0.2) is 83.5 Å². The van der Waals surface area contributed by atoms with Crippen molar-refractivity contribution in [3.05, 3.63) is 118 Å². The van der Waals surface area contributed by atoms with Crippen molar-refractivity contribution in [3.8, 4) is 0 Å². The molecule has 34 heavy (non-hydrogen) atoms. The van der Waals surface area contributed by atoms with Gasteiger partial charge in [0.05, 0.1) is 12.1 Å². The van der Waals surface area contributed by atoms with Gasteiger partial charge in [-0.25, -0.2) is 4.98 Å². The molecule has 6 heteroatoms. The van der Waals surface area contributed by atoms with Gasteiger partial charge in [-0.05, 0) is 48.2 Å². The van der Waals surface area contributed by atoms with Crippen molar-refractivity contribution in [2.45, 2.75) is 31.6 Å². The van der Waals surface area contributed by atoms with E-state index in [9.17, 15) is 4.79 Å². The third-order valence-corrected chi connectivity index (χ3v) is 6.46. The first-order chi connectivity index (χ1) is 16.6. The lowest BCUT2D eigenvalue weighted by molar-refractivity contribution is 0.0697. The Labute approximate surface area is 204 Å². The normalized spacial score (nSPS) is 15.9. The first-order valence-corrected chi connectivity index (χ1v) is 12.0. The fraction of sp³-hybridized carbons (Fsp3) is 0.250. The molecule has 2 aromatic heterocycles. The number of pyridine rings is 1. The standard InChI is InChI=1S/C28H26ClN3O2/c29-24-10-8-21(9-11-24)16-26-18-31-27(34-26)23-7-4-14-32(19-23)28(33)22-12-13-30-25(17-22)15-20-5-2-1-3-6-20/h1-3,5-6,8-13,17-18,23H,4,7,14-16,19H2. The maximum absolute atomic E-state index is 13.3. The molecular formula is C28H26ClN3O2. The van der Waals surface area contributed by atoms with E-state index in [2.05, 4.69) is 22.1 Å². The van der Waals surface area contributed by atoms with Crippen molar-refractivity contribution < 1.29 is 9.21 Å². The summed E-state index contributed by atoms with van der Waals surface area (Å²) < 4.78 is 6.08. The first-order valence-electron chi connectivity index (χ1n) is 11.6. The van der Waals surface area contributed by atoms with Crippen LogP contribution in [0.5, 0.6) is 0 Å². The molecule has 5 rings (SSSR count). The molecule has 172 valence electrons. The molecule has 0 saturated carbocycles. The Bertz CT molecular complexity index is 1250. The molecule has 1 saturated heterocycles. The fourth-order valence-electron chi connectivity index (χ4n) is 4.46. The van der Waals surface area contributed by atoms with Gasteiger partial charge in [0.2, 0.25) is 0 Å². The zero-order valence-corrected chi connectivity index (χ0v) is 19.6. The Morgan fingerprint density at radius 2 is 1.79 bits per heavy atom. The highest BCUT2D eigenvalue weighted by molar-refractivity contribution is 6.30. The monoisotopic (exact) mass is 471 g/mol. The van der Waals surface area contributed by atoms with Crippen molar-refractivity contribution in [1.29, 1.82) is 0 Å². The second kappa shape index (κ2) is 10.2.